The highest BCUT2D eigenvalue weighted by Gasteiger charge is 2.31. The first kappa shape index (κ1) is 19.8. The van der Waals surface area contributed by atoms with E-state index in [4.69, 9.17) is 11.6 Å². The second-order valence-corrected chi connectivity index (χ2v) is 5.90. The van der Waals surface area contributed by atoms with Crippen LogP contribution in [0.2, 0.25) is 5.02 Å². The zero-order valence-corrected chi connectivity index (χ0v) is 14.6. The lowest BCUT2D eigenvalue weighted by atomic mass is 10.1. The Morgan fingerprint density at radius 1 is 1.12 bits per heavy atom. The average Bonchev–Trinajstić information content (AvgIpc) is 2.56. The number of nitrogens with one attached hydrogen (secondary N) is 1. The van der Waals surface area contributed by atoms with Gasteiger partial charge in [-0.05, 0) is 30.3 Å². The lowest BCUT2D eigenvalue weighted by Crippen LogP contribution is -2.32. The average molecular weight is 385 g/mol. The van der Waals surface area contributed by atoms with Crippen molar-refractivity contribution in [3.05, 3.63) is 59.1 Å². The van der Waals surface area contributed by atoms with Crippen LogP contribution in [0.5, 0.6) is 0 Å². The number of carbonyl (C=O) groups excluding carboxylic acids is 2. The van der Waals surface area contributed by atoms with Crippen molar-refractivity contribution in [1.29, 1.82) is 0 Å². The molecule has 138 valence electrons. The normalized spacial score (nSPS) is 11.1. The number of para-hydroxylation sites is 1. The van der Waals surface area contributed by atoms with E-state index in [1.807, 2.05) is 0 Å². The molecule has 0 aliphatic heterocycles. The van der Waals surface area contributed by atoms with Crippen LogP contribution < -0.4 is 10.2 Å². The molecule has 0 unspecified atom stereocenters. The summed E-state index contributed by atoms with van der Waals surface area (Å²) in [4.78, 5) is 25.0. The van der Waals surface area contributed by atoms with E-state index in [1.165, 1.54) is 19.1 Å². The minimum atomic E-state index is -4.51. The maximum absolute atomic E-state index is 12.8. The number of hydrogen-bond donors (Lipinski definition) is 1. The van der Waals surface area contributed by atoms with Gasteiger partial charge >= 0.3 is 6.18 Å². The van der Waals surface area contributed by atoms with Crippen molar-refractivity contribution < 1.29 is 22.8 Å². The monoisotopic (exact) mass is 384 g/mol. The first-order valence-corrected chi connectivity index (χ1v) is 8.06. The van der Waals surface area contributed by atoms with E-state index < -0.39 is 23.6 Å². The number of alkyl halides is 3. The summed E-state index contributed by atoms with van der Waals surface area (Å²) in [5.74, 6) is -0.869. The molecule has 2 rings (SSSR count). The largest absolute Gasteiger partial charge is 0.416 e. The highest BCUT2D eigenvalue weighted by molar-refractivity contribution is 6.33. The summed E-state index contributed by atoms with van der Waals surface area (Å²) in [6.45, 7) is 1.17. The van der Waals surface area contributed by atoms with Gasteiger partial charge in [-0.1, -0.05) is 29.8 Å². The van der Waals surface area contributed by atoms with Crippen LogP contribution in [0.1, 0.15) is 18.9 Å². The summed E-state index contributed by atoms with van der Waals surface area (Å²) in [5, 5.41) is 2.97. The molecule has 0 aliphatic carbocycles. The van der Waals surface area contributed by atoms with Crippen LogP contribution in [0, 0.1) is 0 Å². The lowest BCUT2D eigenvalue weighted by molar-refractivity contribution is -0.137. The van der Waals surface area contributed by atoms with E-state index in [0.717, 1.165) is 17.0 Å². The molecule has 2 aromatic carbocycles. The van der Waals surface area contributed by atoms with Crippen LogP contribution in [-0.4, -0.2) is 18.4 Å². The van der Waals surface area contributed by atoms with Crippen LogP contribution in [0.15, 0.2) is 48.5 Å². The molecule has 4 nitrogen and oxygen atoms in total. The van der Waals surface area contributed by atoms with Crippen LogP contribution in [0.3, 0.4) is 0 Å². The molecule has 1 N–H and O–H groups in total. The molecule has 2 aromatic rings. The third kappa shape index (κ3) is 5.23. The van der Waals surface area contributed by atoms with Crippen molar-refractivity contribution >= 4 is 34.8 Å². The molecule has 26 heavy (non-hydrogen) atoms. The van der Waals surface area contributed by atoms with Crippen LogP contribution >= 0.6 is 11.6 Å². The molecular weight excluding hydrogens is 369 g/mol. The Morgan fingerprint density at radius 2 is 1.81 bits per heavy atom. The lowest BCUT2D eigenvalue weighted by Gasteiger charge is -2.22. The number of hydrogen-bond acceptors (Lipinski definition) is 2. The number of anilines is 2. The van der Waals surface area contributed by atoms with Gasteiger partial charge in [0, 0.05) is 25.6 Å². The molecule has 0 atom stereocenters. The Bertz CT molecular complexity index is 809. The van der Waals surface area contributed by atoms with Gasteiger partial charge < -0.3 is 10.2 Å². The Kier molecular flexibility index (Phi) is 6.26. The van der Waals surface area contributed by atoms with Crippen molar-refractivity contribution in [3.8, 4) is 0 Å². The number of carbonyl (C=O) groups is 2. The standard InChI is InChI=1S/C18H16ClF3N2O2/c1-12(25)24(14-6-4-5-13(11-14)18(20,21)22)10-9-17(26)23-16-8-3-2-7-15(16)19/h2-8,11H,9-10H2,1H3,(H,23,26). The van der Waals surface area contributed by atoms with E-state index in [2.05, 4.69) is 5.32 Å². The third-order valence-electron chi connectivity index (χ3n) is 3.58. The first-order valence-electron chi connectivity index (χ1n) is 7.68. The van der Waals surface area contributed by atoms with Gasteiger partial charge in [-0.25, -0.2) is 0 Å². The van der Waals surface area contributed by atoms with E-state index >= 15 is 0 Å². The van der Waals surface area contributed by atoms with Gasteiger partial charge in [0.05, 0.1) is 16.3 Å². The fourth-order valence-corrected chi connectivity index (χ4v) is 2.49. The van der Waals surface area contributed by atoms with Crippen LogP contribution in [-0.2, 0) is 15.8 Å². The summed E-state index contributed by atoms with van der Waals surface area (Å²) < 4.78 is 38.5. The molecule has 2 amide bonds. The van der Waals surface area contributed by atoms with Gasteiger partial charge in [-0.3, -0.25) is 9.59 Å². The fraction of sp³-hybridized carbons (Fsp3) is 0.222. The summed E-state index contributed by atoms with van der Waals surface area (Å²) in [6, 6.07) is 11.1. The molecule has 0 radical (unpaired) electrons. The minimum Gasteiger partial charge on any atom is -0.325 e. The minimum absolute atomic E-state index is 0.0626. The Labute approximate surface area is 153 Å². The molecular formula is C18H16ClF3N2O2. The van der Waals surface area contributed by atoms with E-state index in [0.29, 0.717) is 10.7 Å². The van der Waals surface area contributed by atoms with Gasteiger partial charge in [0.2, 0.25) is 11.8 Å². The van der Waals surface area contributed by atoms with Crippen LogP contribution in [0.4, 0.5) is 24.5 Å². The predicted octanol–water partition coefficient (Wildman–Crippen LogP) is 4.74. The van der Waals surface area contributed by atoms with Crippen molar-refractivity contribution in [2.45, 2.75) is 19.5 Å². The van der Waals surface area contributed by atoms with Crippen molar-refractivity contribution in [2.24, 2.45) is 0 Å². The number of nitrogens with zero attached hydrogens (tertiary/aromatic N) is 1. The van der Waals surface area contributed by atoms with Gasteiger partial charge in [-0.15, -0.1) is 0 Å². The number of halogens is 4. The molecule has 0 saturated carbocycles. The Morgan fingerprint density at radius 3 is 2.42 bits per heavy atom. The van der Waals surface area contributed by atoms with E-state index in [9.17, 15) is 22.8 Å². The number of rotatable bonds is 5. The molecule has 0 aromatic heterocycles. The third-order valence-corrected chi connectivity index (χ3v) is 3.91. The maximum Gasteiger partial charge on any atom is 0.416 e. The summed E-state index contributed by atoms with van der Waals surface area (Å²) >= 11 is 5.95. The highest BCUT2D eigenvalue weighted by Crippen LogP contribution is 2.31. The van der Waals surface area contributed by atoms with Crippen LogP contribution in [0.25, 0.3) is 0 Å². The van der Waals surface area contributed by atoms with Gasteiger partial charge in [0.25, 0.3) is 0 Å². The SMILES string of the molecule is CC(=O)N(CCC(=O)Nc1ccccc1Cl)c1cccc(C(F)(F)F)c1. The summed E-state index contributed by atoms with van der Waals surface area (Å²) in [7, 11) is 0. The van der Waals surface area contributed by atoms with E-state index in [1.54, 1.807) is 24.3 Å². The molecule has 0 saturated heterocycles. The summed E-state index contributed by atoms with van der Waals surface area (Å²) in [5.41, 5.74) is -0.354. The second kappa shape index (κ2) is 8.23. The zero-order chi connectivity index (χ0) is 19.3. The van der Waals surface area contributed by atoms with Gasteiger partial charge in [-0.2, -0.15) is 13.2 Å². The first-order chi connectivity index (χ1) is 12.2. The number of benzene rings is 2. The Balaban J connectivity index is 2.08. The molecule has 0 aliphatic rings. The van der Waals surface area contributed by atoms with Gasteiger partial charge in [0.1, 0.15) is 0 Å². The quantitative estimate of drug-likeness (QED) is 0.809. The zero-order valence-electron chi connectivity index (χ0n) is 13.8. The fourth-order valence-electron chi connectivity index (χ4n) is 2.31. The second-order valence-electron chi connectivity index (χ2n) is 5.50. The topological polar surface area (TPSA) is 49.4 Å². The predicted molar refractivity (Wildman–Crippen MR) is 94.2 cm³/mol. The maximum atomic E-state index is 12.8. The highest BCUT2D eigenvalue weighted by atomic mass is 35.5. The van der Waals surface area contributed by atoms with Gasteiger partial charge in [0.15, 0.2) is 0 Å². The van der Waals surface area contributed by atoms with Crippen molar-refractivity contribution in [3.63, 3.8) is 0 Å². The molecule has 0 heterocycles. The molecule has 0 fully saturated rings. The van der Waals surface area contributed by atoms with E-state index in [-0.39, 0.29) is 18.7 Å². The van der Waals surface area contributed by atoms with Crippen molar-refractivity contribution in [1.82, 2.24) is 0 Å². The molecule has 8 heteroatoms. The summed E-state index contributed by atoms with van der Waals surface area (Å²) in [6.07, 6.45) is -4.61. The molecule has 0 spiro atoms. The number of amides is 2. The van der Waals surface area contributed by atoms with Crippen molar-refractivity contribution in [2.75, 3.05) is 16.8 Å². The Hall–Kier alpha value is -2.54. The smallest absolute Gasteiger partial charge is 0.325 e. The molecule has 0 bridgehead atoms.